The standard InChI is InChI=1S/C23H21FN2O4S/c24-19-10-12-20(13-11-19)31(28,29)25(16-18-6-2-1-3-7-18)17-23(27)26-14-15-30-22-9-5-4-8-21(22)26/h1-13H,14-17H2. The Bertz CT molecular complexity index is 1170. The molecule has 1 aliphatic heterocycles. The lowest BCUT2D eigenvalue weighted by Crippen LogP contribution is -2.45. The fraction of sp³-hybridized carbons (Fsp3) is 0.174. The molecule has 0 unspecified atom stereocenters. The van der Waals surface area contributed by atoms with E-state index in [0.717, 1.165) is 22.0 Å². The number of hydrogen-bond acceptors (Lipinski definition) is 4. The molecule has 0 atom stereocenters. The molecule has 6 nitrogen and oxygen atoms in total. The van der Waals surface area contributed by atoms with Crippen LogP contribution in [0.1, 0.15) is 5.56 Å². The van der Waals surface area contributed by atoms with E-state index in [1.807, 2.05) is 12.1 Å². The number of fused-ring (bicyclic) bond motifs is 1. The van der Waals surface area contributed by atoms with Crippen LogP contribution in [-0.4, -0.2) is 38.3 Å². The van der Waals surface area contributed by atoms with Crippen molar-refractivity contribution in [3.8, 4) is 5.75 Å². The summed E-state index contributed by atoms with van der Waals surface area (Å²) in [5.74, 6) is -0.315. The maximum Gasteiger partial charge on any atom is 0.243 e. The Kier molecular flexibility index (Phi) is 6.01. The smallest absolute Gasteiger partial charge is 0.243 e. The van der Waals surface area contributed by atoms with E-state index in [0.29, 0.717) is 24.6 Å². The van der Waals surface area contributed by atoms with Gasteiger partial charge in [0.1, 0.15) is 18.2 Å². The molecule has 0 bridgehead atoms. The summed E-state index contributed by atoms with van der Waals surface area (Å²) in [6, 6.07) is 20.8. The number of halogens is 1. The monoisotopic (exact) mass is 440 g/mol. The largest absolute Gasteiger partial charge is 0.490 e. The second kappa shape index (κ2) is 8.87. The van der Waals surface area contributed by atoms with Gasteiger partial charge in [-0.2, -0.15) is 4.31 Å². The quantitative estimate of drug-likeness (QED) is 0.589. The molecule has 3 aromatic rings. The number of amides is 1. The van der Waals surface area contributed by atoms with Crippen LogP contribution in [0.3, 0.4) is 0 Å². The van der Waals surface area contributed by atoms with Crippen LogP contribution in [0.5, 0.6) is 5.75 Å². The van der Waals surface area contributed by atoms with Crippen molar-refractivity contribution >= 4 is 21.6 Å². The molecule has 8 heteroatoms. The third-order valence-electron chi connectivity index (χ3n) is 4.99. The molecule has 4 rings (SSSR count). The van der Waals surface area contributed by atoms with Crippen LogP contribution in [0.4, 0.5) is 10.1 Å². The number of carbonyl (C=O) groups excluding carboxylic acids is 1. The average Bonchev–Trinajstić information content (AvgIpc) is 2.79. The Labute approximate surface area is 180 Å². The molecule has 0 saturated carbocycles. The summed E-state index contributed by atoms with van der Waals surface area (Å²) in [4.78, 5) is 14.7. The van der Waals surface area contributed by atoms with Crippen LogP contribution in [0.25, 0.3) is 0 Å². The molecule has 1 amide bonds. The summed E-state index contributed by atoms with van der Waals surface area (Å²) in [5, 5.41) is 0. The fourth-order valence-electron chi connectivity index (χ4n) is 3.43. The van der Waals surface area contributed by atoms with E-state index in [-0.39, 0.29) is 23.9 Å². The van der Waals surface area contributed by atoms with Crippen molar-refractivity contribution in [2.24, 2.45) is 0 Å². The zero-order valence-corrected chi connectivity index (χ0v) is 17.5. The number of nitrogens with zero attached hydrogens (tertiary/aromatic N) is 2. The summed E-state index contributed by atoms with van der Waals surface area (Å²) in [7, 11) is -4.04. The fourth-order valence-corrected chi connectivity index (χ4v) is 4.81. The highest BCUT2D eigenvalue weighted by atomic mass is 32.2. The minimum absolute atomic E-state index is 0.0122. The summed E-state index contributed by atoms with van der Waals surface area (Å²) in [6.07, 6.45) is 0. The summed E-state index contributed by atoms with van der Waals surface area (Å²) < 4.78 is 46.7. The lowest BCUT2D eigenvalue weighted by molar-refractivity contribution is -0.119. The van der Waals surface area contributed by atoms with Crippen molar-refractivity contribution in [1.82, 2.24) is 4.31 Å². The Hall–Kier alpha value is -3.23. The highest BCUT2D eigenvalue weighted by Gasteiger charge is 2.31. The predicted molar refractivity (Wildman–Crippen MR) is 115 cm³/mol. The molecule has 0 aliphatic carbocycles. The van der Waals surface area contributed by atoms with Gasteiger partial charge in [-0.25, -0.2) is 12.8 Å². The number of para-hydroxylation sites is 2. The van der Waals surface area contributed by atoms with Gasteiger partial charge in [-0.15, -0.1) is 0 Å². The van der Waals surface area contributed by atoms with E-state index in [1.165, 1.54) is 17.0 Å². The molecule has 0 aromatic heterocycles. The van der Waals surface area contributed by atoms with E-state index < -0.39 is 15.8 Å². The molecular weight excluding hydrogens is 419 g/mol. The van der Waals surface area contributed by atoms with Crippen molar-refractivity contribution in [1.29, 1.82) is 0 Å². The molecule has 31 heavy (non-hydrogen) atoms. The topological polar surface area (TPSA) is 66.9 Å². The minimum atomic E-state index is -4.04. The molecule has 0 fully saturated rings. The normalized spacial score (nSPS) is 13.5. The van der Waals surface area contributed by atoms with Crippen LogP contribution < -0.4 is 9.64 Å². The van der Waals surface area contributed by atoms with Crippen molar-refractivity contribution in [3.05, 3.63) is 90.2 Å². The molecule has 0 spiro atoms. The minimum Gasteiger partial charge on any atom is -0.490 e. The van der Waals surface area contributed by atoms with Gasteiger partial charge >= 0.3 is 0 Å². The Morgan fingerprint density at radius 2 is 1.65 bits per heavy atom. The number of benzene rings is 3. The first-order valence-corrected chi connectivity index (χ1v) is 11.2. The summed E-state index contributed by atoms with van der Waals surface area (Å²) >= 11 is 0. The number of ether oxygens (including phenoxy) is 1. The zero-order valence-electron chi connectivity index (χ0n) is 16.6. The maximum atomic E-state index is 13.3. The first-order valence-electron chi connectivity index (χ1n) is 9.77. The summed E-state index contributed by atoms with van der Waals surface area (Å²) in [6.45, 7) is 0.305. The third-order valence-corrected chi connectivity index (χ3v) is 6.80. The maximum absolute atomic E-state index is 13.3. The lowest BCUT2D eigenvalue weighted by atomic mass is 10.2. The van der Waals surface area contributed by atoms with Gasteiger partial charge in [0.2, 0.25) is 15.9 Å². The van der Waals surface area contributed by atoms with Gasteiger partial charge in [0.25, 0.3) is 0 Å². The third kappa shape index (κ3) is 4.60. The molecular formula is C23H21FN2O4S. The highest BCUT2D eigenvalue weighted by Crippen LogP contribution is 2.31. The van der Waals surface area contributed by atoms with Crippen molar-refractivity contribution in [3.63, 3.8) is 0 Å². The van der Waals surface area contributed by atoms with Crippen LogP contribution in [-0.2, 0) is 21.4 Å². The number of carbonyl (C=O) groups is 1. The number of anilines is 1. The Morgan fingerprint density at radius 3 is 2.39 bits per heavy atom. The van der Waals surface area contributed by atoms with E-state index in [4.69, 9.17) is 4.74 Å². The van der Waals surface area contributed by atoms with Crippen LogP contribution in [0, 0.1) is 5.82 Å². The van der Waals surface area contributed by atoms with E-state index in [1.54, 1.807) is 42.5 Å². The summed E-state index contributed by atoms with van der Waals surface area (Å²) in [5.41, 5.74) is 1.35. The van der Waals surface area contributed by atoms with Gasteiger partial charge in [-0.05, 0) is 42.0 Å². The van der Waals surface area contributed by atoms with E-state index in [2.05, 4.69) is 0 Å². The van der Waals surface area contributed by atoms with Gasteiger partial charge in [0, 0.05) is 6.54 Å². The van der Waals surface area contributed by atoms with E-state index in [9.17, 15) is 17.6 Å². The predicted octanol–water partition coefficient (Wildman–Crippen LogP) is 3.44. The van der Waals surface area contributed by atoms with Crippen molar-refractivity contribution < 1.29 is 22.3 Å². The molecule has 0 radical (unpaired) electrons. The number of sulfonamides is 1. The lowest BCUT2D eigenvalue weighted by Gasteiger charge is -2.31. The molecule has 1 aliphatic rings. The van der Waals surface area contributed by atoms with Crippen molar-refractivity contribution in [2.45, 2.75) is 11.4 Å². The second-order valence-electron chi connectivity index (χ2n) is 7.07. The first-order chi connectivity index (χ1) is 14.9. The first kappa shape index (κ1) is 21.0. The number of rotatable bonds is 6. The Balaban J connectivity index is 1.65. The van der Waals surface area contributed by atoms with Gasteiger partial charge in [0.05, 0.1) is 23.7 Å². The molecule has 0 N–H and O–H groups in total. The van der Waals surface area contributed by atoms with Crippen LogP contribution >= 0.6 is 0 Å². The zero-order chi connectivity index (χ0) is 21.8. The SMILES string of the molecule is O=C(CN(Cc1ccccc1)S(=O)(=O)c1ccc(F)cc1)N1CCOc2ccccc21. The van der Waals surface area contributed by atoms with Gasteiger partial charge < -0.3 is 9.64 Å². The highest BCUT2D eigenvalue weighted by molar-refractivity contribution is 7.89. The van der Waals surface area contributed by atoms with Gasteiger partial charge in [-0.1, -0.05) is 42.5 Å². The van der Waals surface area contributed by atoms with Crippen LogP contribution in [0.15, 0.2) is 83.8 Å². The van der Waals surface area contributed by atoms with Crippen molar-refractivity contribution in [2.75, 3.05) is 24.6 Å². The molecule has 0 saturated heterocycles. The average molecular weight is 440 g/mol. The van der Waals surface area contributed by atoms with E-state index >= 15 is 0 Å². The molecule has 3 aromatic carbocycles. The van der Waals surface area contributed by atoms with Crippen LogP contribution in [0.2, 0.25) is 0 Å². The number of hydrogen-bond donors (Lipinski definition) is 0. The second-order valence-corrected chi connectivity index (χ2v) is 9.01. The Morgan fingerprint density at radius 1 is 0.968 bits per heavy atom. The van der Waals surface area contributed by atoms with Gasteiger partial charge in [0.15, 0.2) is 0 Å². The molecule has 1 heterocycles. The molecule has 160 valence electrons. The van der Waals surface area contributed by atoms with Gasteiger partial charge in [-0.3, -0.25) is 4.79 Å².